The molecule has 0 unspecified atom stereocenters. The maximum atomic E-state index is 13.3. The molecule has 35 heavy (non-hydrogen) atoms. The molecule has 3 rings (SSSR count). The molecule has 0 saturated carbocycles. The summed E-state index contributed by atoms with van der Waals surface area (Å²) >= 11 is 0. The van der Waals surface area contributed by atoms with Crippen LogP contribution in [0.1, 0.15) is 20.3 Å². The van der Waals surface area contributed by atoms with Crippen LogP contribution in [0.5, 0.6) is 5.75 Å². The van der Waals surface area contributed by atoms with Gasteiger partial charge in [0.25, 0.3) is 0 Å². The van der Waals surface area contributed by atoms with Crippen LogP contribution in [-0.2, 0) is 18.9 Å². The van der Waals surface area contributed by atoms with E-state index in [1.54, 1.807) is 0 Å². The van der Waals surface area contributed by atoms with Crippen molar-refractivity contribution in [2.75, 3.05) is 12.9 Å². The van der Waals surface area contributed by atoms with Crippen LogP contribution in [0.4, 0.5) is 4.39 Å². The second kappa shape index (κ2) is 10.00. The fraction of sp³-hybridized carbons (Fsp3) is 0.273. The van der Waals surface area contributed by atoms with Crippen LogP contribution in [0.25, 0.3) is 16.8 Å². The van der Waals surface area contributed by atoms with E-state index in [-0.39, 0.29) is 34.9 Å². The fourth-order valence-corrected chi connectivity index (χ4v) is 4.56. The molecule has 0 saturated heterocycles. The first-order valence-electron chi connectivity index (χ1n) is 10.2. The number of phosphoric ester groups is 1. The molecule has 188 valence electrons. The summed E-state index contributed by atoms with van der Waals surface area (Å²) in [6.07, 6.45) is 2.44. The molecule has 0 aliphatic heterocycles. The van der Waals surface area contributed by atoms with E-state index in [1.807, 2.05) is 0 Å². The number of sulfone groups is 1. The SMILES string of the molecule is CC(C)(CCOc1c(-c2ccc(S(C)(=O)=O)cc2)cnn(-c2ccc(F)cc2)c1=O)OP(=O)(O)O. The number of halogens is 1. The number of hydrogen-bond donors (Lipinski definition) is 2. The molecule has 0 aliphatic rings. The number of rotatable bonds is 9. The number of aromatic nitrogens is 2. The molecule has 1 heterocycles. The van der Waals surface area contributed by atoms with E-state index in [2.05, 4.69) is 5.10 Å². The zero-order chi connectivity index (χ0) is 26.0. The van der Waals surface area contributed by atoms with Gasteiger partial charge in [0, 0.05) is 18.2 Å². The van der Waals surface area contributed by atoms with Crippen molar-refractivity contribution in [1.29, 1.82) is 0 Å². The quantitative estimate of drug-likeness (QED) is 0.402. The average Bonchev–Trinajstić information content (AvgIpc) is 2.73. The molecule has 1 aromatic heterocycles. The highest BCUT2D eigenvalue weighted by atomic mass is 32.2. The van der Waals surface area contributed by atoms with E-state index >= 15 is 0 Å². The maximum absolute atomic E-state index is 13.3. The van der Waals surface area contributed by atoms with Crippen LogP contribution in [0.2, 0.25) is 0 Å². The first-order valence-corrected chi connectivity index (χ1v) is 13.7. The smallest absolute Gasteiger partial charge is 0.470 e. The molecular weight excluding hydrogens is 502 g/mol. The molecule has 0 fully saturated rings. The standard InChI is InChI=1S/C22H24FN2O8PS/c1-22(2,33-34(27,28)29)12-13-32-20-19(15-4-10-18(11-5-15)35(3,30)31)14-24-25(21(20)26)17-8-6-16(23)7-9-17/h4-11,14H,12-13H2,1-3H3,(H2,27,28,29). The lowest BCUT2D eigenvalue weighted by atomic mass is 10.1. The van der Waals surface area contributed by atoms with Crippen molar-refractivity contribution in [2.45, 2.75) is 30.8 Å². The predicted octanol–water partition coefficient (Wildman–Crippen LogP) is 3.10. The Labute approximate surface area is 201 Å². The van der Waals surface area contributed by atoms with E-state index < -0.39 is 34.6 Å². The Balaban J connectivity index is 2.01. The Bertz CT molecular complexity index is 1420. The lowest BCUT2D eigenvalue weighted by Crippen LogP contribution is -2.28. The first-order chi connectivity index (χ1) is 16.2. The minimum atomic E-state index is -4.75. The van der Waals surface area contributed by atoms with Gasteiger partial charge in [0.15, 0.2) is 15.6 Å². The summed E-state index contributed by atoms with van der Waals surface area (Å²) in [5, 5.41) is 4.15. The number of hydrogen-bond acceptors (Lipinski definition) is 7. The highest BCUT2D eigenvalue weighted by Crippen LogP contribution is 2.42. The molecule has 0 radical (unpaired) electrons. The minimum absolute atomic E-state index is 0.0167. The third-order valence-corrected chi connectivity index (χ3v) is 6.78. The van der Waals surface area contributed by atoms with Crippen LogP contribution in [0.3, 0.4) is 0 Å². The summed E-state index contributed by atoms with van der Waals surface area (Å²) in [6.45, 7) is 2.78. The van der Waals surface area contributed by atoms with Gasteiger partial charge in [-0.2, -0.15) is 9.78 Å². The number of ether oxygens (including phenoxy) is 1. The molecule has 3 aromatic rings. The Morgan fingerprint density at radius 2 is 1.69 bits per heavy atom. The number of phosphoric acid groups is 1. The van der Waals surface area contributed by atoms with Gasteiger partial charge in [-0.05, 0) is 55.8 Å². The first kappa shape index (κ1) is 26.7. The molecule has 10 nitrogen and oxygen atoms in total. The van der Waals surface area contributed by atoms with Crippen LogP contribution >= 0.6 is 7.82 Å². The lowest BCUT2D eigenvalue weighted by Gasteiger charge is -2.25. The van der Waals surface area contributed by atoms with Crippen molar-refractivity contribution in [3.05, 3.63) is 70.9 Å². The molecular formula is C22H24FN2O8PS. The van der Waals surface area contributed by atoms with Gasteiger partial charge >= 0.3 is 13.4 Å². The lowest BCUT2D eigenvalue weighted by molar-refractivity contribution is 0.0461. The summed E-state index contributed by atoms with van der Waals surface area (Å²) in [7, 11) is -8.18. The highest BCUT2D eigenvalue weighted by molar-refractivity contribution is 7.90. The molecule has 2 N–H and O–H groups in total. The van der Waals surface area contributed by atoms with Gasteiger partial charge in [0.2, 0.25) is 0 Å². The fourth-order valence-electron chi connectivity index (χ4n) is 3.20. The van der Waals surface area contributed by atoms with Crippen molar-refractivity contribution >= 4 is 17.7 Å². The van der Waals surface area contributed by atoms with Crippen molar-refractivity contribution in [3.8, 4) is 22.6 Å². The molecule has 0 bridgehead atoms. The van der Waals surface area contributed by atoms with E-state index in [1.165, 1.54) is 68.6 Å². The van der Waals surface area contributed by atoms with Gasteiger partial charge in [-0.1, -0.05) is 12.1 Å². The van der Waals surface area contributed by atoms with E-state index in [4.69, 9.17) is 19.0 Å². The van der Waals surface area contributed by atoms with Gasteiger partial charge < -0.3 is 14.5 Å². The zero-order valence-corrected chi connectivity index (χ0v) is 20.8. The van der Waals surface area contributed by atoms with Crippen molar-refractivity contribution in [3.63, 3.8) is 0 Å². The second-order valence-corrected chi connectivity index (χ2v) is 11.5. The largest absolute Gasteiger partial charge is 0.487 e. The summed E-state index contributed by atoms with van der Waals surface area (Å²) in [4.78, 5) is 31.5. The molecule has 0 aliphatic carbocycles. The van der Waals surface area contributed by atoms with E-state index in [9.17, 15) is 22.2 Å². The number of benzene rings is 2. The van der Waals surface area contributed by atoms with Gasteiger partial charge in [-0.25, -0.2) is 17.4 Å². The predicted molar refractivity (Wildman–Crippen MR) is 126 cm³/mol. The van der Waals surface area contributed by atoms with Gasteiger partial charge in [0.05, 0.1) is 29.0 Å². The normalized spacial score (nSPS) is 12.5. The maximum Gasteiger partial charge on any atom is 0.470 e. The van der Waals surface area contributed by atoms with Crippen molar-refractivity contribution in [2.24, 2.45) is 0 Å². The van der Waals surface area contributed by atoms with Crippen LogP contribution in [0.15, 0.2) is 64.4 Å². The summed E-state index contributed by atoms with van der Waals surface area (Å²) < 4.78 is 59.6. The molecule has 0 atom stereocenters. The summed E-state index contributed by atoms with van der Waals surface area (Å²) in [6, 6.07) is 10.9. The minimum Gasteiger partial charge on any atom is -0.487 e. The Kier molecular flexibility index (Phi) is 7.63. The van der Waals surface area contributed by atoms with Crippen LogP contribution in [-0.4, -0.2) is 46.4 Å². The Hall–Kier alpha value is -2.89. The topological polar surface area (TPSA) is 145 Å². The molecule has 2 aromatic carbocycles. The average molecular weight is 526 g/mol. The second-order valence-electron chi connectivity index (χ2n) is 8.32. The van der Waals surface area contributed by atoms with Crippen molar-refractivity contribution < 1.29 is 36.4 Å². The van der Waals surface area contributed by atoms with Crippen molar-refractivity contribution in [1.82, 2.24) is 9.78 Å². The third kappa shape index (κ3) is 7.06. The van der Waals surface area contributed by atoms with Gasteiger partial charge in [-0.15, -0.1) is 0 Å². The Morgan fingerprint density at radius 3 is 2.23 bits per heavy atom. The van der Waals surface area contributed by atoms with E-state index in [0.717, 1.165) is 10.9 Å². The van der Waals surface area contributed by atoms with Crippen LogP contribution in [0, 0.1) is 5.82 Å². The summed E-state index contributed by atoms with van der Waals surface area (Å²) in [5.74, 6) is -0.628. The monoisotopic (exact) mass is 526 g/mol. The Morgan fingerprint density at radius 1 is 1.09 bits per heavy atom. The zero-order valence-electron chi connectivity index (χ0n) is 19.1. The number of nitrogens with zero attached hydrogens (tertiary/aromatic N) is 2. The van der Waals surface area contributed by atoms with E-state index in [0.29, 0.717) is 5.56 Å². The summed E-state index contributed by atoms with van der Waals surface area (Å²) in [5.41, 5.74) is -0.934. The van der Waals surface area contributed by atoms with Crippen LogP contribution < -0.4 is 10.3 Å². The molecule has 0 amide bonds. The highest BCUT2D eigenvalue weighted by Gasteiger charge is 2.29. The van der Waals surface area contributed by atoms with Gasteiger partial charge in [-0.3, -0.25) is 9.32 Å². The third-order valence-electron chi connectivity index (χ3n) is 4.91. The van der Waals surface area contributed by atoms with Gasteiger partial charge in [0.1, 0.15) is 5.82 Å². The molecule has 13 heteroatoms. The molecule has 0 spiro atoms.